The van der Waals surface area contributed by atoms with Crippen LogP contribution in [0.2, 0.25) is 0 Å². The Kier molecular flexibility index (Phi) is 7.91. The molecule has 2 atom stereocenters. The topological polar surface area (TPSA) is 111 Å². The number of H-pyrrole nitrogens is 1. The van der Waals surface area contributed by atoms with Crippen LogP contribution in [0.3, 0.4) is 0 Å². The summed E-state index contributed by atoms with van der Waals surface area (Å²) in [5.74, 6) is 0.921. The largest absolute Gasteiger partial charge is 0.329 e. The Bertz CT molecular complexity index is 1420. The first-order valence-corrected chi connectivity index (χ1v) is 13.7. The number of benzene rings is 1. The maximum atomic E-state index is 13.8. The molecule has 1 fully saturated rings. The van der Waals surface area contributed by atoms with Gasteiger partial charge in [0, 0.05) is 35.6 Å². The molecule has 1 aromatic carbocycles. The number of rotatable bonds is 9. The van der Waals surface area contributed by atoms with Gasteiger partial charge in [0.05, 0.1) is 18.3 Å². The van der Waals surface area contributed by atoms with Gasteiger partial charge in [0.2, 0.25) is 5.82 Å². The zero-order valence-electron chi connectivity index (χ0n) is 22.1. The Morgan fingerprint density at radius 1 is 1.05 bits per heavy atom. The number of tetrazole rings is 1. The number of aryl methyl sites for hydroxylation is 1. The number of hydrogen-bond acceptors (Lipinski definition) is 6. The van der Waals surface area contributed by atoms with Crippen molar-refractivity contribution in [2.75, 3.05) is 0 Å². The number of aromatic amines is 1. The molecule has 0 saturated heterocycles. The highest BCUT2D eigenvalue weighted by molar-refractivity contribution is 5.83. The van der Waals surface area contributed by atoms with E-state index in [1.807, 2.05) is 53.4 Å². The quantitative estimate of drug-likeness (QED) is 0.316. The zero-order chi connectivity index (χ0) is 26.5. The molecule has 1 aliphatic rings. The Morgan fingerprint density at radius 3 is 2.61 bits per heavy atom. The molecule has 0 bridgehead atoms. The van der Waals surface area contributed by atoms with E-state index in [1.54, 1.807) is 4.57 Å². The van der Waals surface area contributed by atoms with Gasteiger partial charge in [-0.2, -0.15) is 5.21 Å². The fourth-order valence-electron chi connectivity index (χ4n) is 5.60. The van der Waals surface area contributed by atoms with Crippen molar-refractivity contribution in [3.8, 4) is 22.5 Å². The second-order valence-corrected chi connectivity index (χ2v) is 10.1. The van der Waals surface area contributed by atoms with Gasteiger partial charge in [-0.1, -0.05) is 63.4 Å². The molecule has 0 radical (unpaired) electrons. The molecule has 1 N–H and O–H groups in total. The van der Waals surface area contributed by atoms with Crippen LogP contribution in [-0.4, -0.2) is 40.5 Å². The first-order valence-electron chi connectivity index (χ1n) is 13.7. The second-order valence-electron chi connectivity index (χ2n) is 10.1. The van der Waals surface area contributed by atoms with Gasteiger partial charge in [-0.25, -0.2) is 4.79 Å². The van der Waals surface area contributed by atoms with Crippen LogP contribution in [0.5, 0.6) is 0 Å². The number of unbranched alkanes of at least 4 members (excludes halogenated alkanes) is 1. The SMILES string of the molecule is CCCCc1cn(C2C(=O)CCCCC2CC)c(=O)n1Cc1ccc(-c2ccccc2-c2nn[nH]n2)cn1. The average Bonchev–Trinajstić information content (AvgIpc) is 3.54. The van der Waals surface area contributed by atoms with Gasteiger partial charge in [-0.15, -0.1) is 10.2 Å². The summed E-state index contributed by atoms with van der Waals surface area (Å²) < 4.78 is 3.55. The first-order chi connectivity index (χ1) is 18.6. The van der Waals surface area contributed by atoms with Crippen LogP contribution in [-0.2, 0) is 17.8 Å². The van der Waals surface area contributed by atoms with Gasteiger partial charge in [0.1, 0.15) is 0 Å². The standard InChI is InChI=1S/C29H35N7O2/c1-3-5-11-23-19-36(27-20(4-2)10-6-9-14-26(27)37)29(38)35(23)18-22-16-15-21(17-30-22)24-12-7-8-13-25(24)28-31-33-34-32-28/h7-8,12-13,15-17,19-20,27H,3-6,9-11,14,18H2,1-2H3,(H,31,32,33,34). The predicted octanol–water partition coefficient (Wildman–Crippen LogP) is 4.99. The maximum absolute atomic E-state index is 13.8. The number of nitrogens with one attached hydrogen (secondary N) is 1. The molecule has 5 rings (SSSR count). The molecule has 3 aromatic heterocycles. The number of pyridine rings is 1. The molecule has 38 heavy (non-hydrogen) atoms. The van der Waals surface area contributed by atoms with E-state index in [4.69, 9.17) is 4.98 Å². The van der Waals surface area contributed by atoms with E-state index in [9.17, 15) is 9.59 Å². The number of ketones is 1. The molecule has 0 spiro atoms. The molecule has 0 aliphatic heterocycles. The summed E-state index contributed by atoms with van der Waals surface area (Å²) in [6, 6.07) is 11.5. The highest BCUT2D eigenvalue weighted by Gasteiger charge is 2.32. The highest BCUT2D eigenvalue weighted by atomic mass is 16.2. The normalized spacial score (nSPS) is 18.0. The number of nitrogens with zero attached hydrogens (tertiary/aromatic N) is 6. The lowest BCUT2D eigenvalue weighted by Crippen LogP contribution is -2.35. The fraction of sp³-hybridized carbons (Fsp3) is 0.448. The van der Waals surface area contributed by atoms with E-state index in [2.05, 4.69) is 34.5 Å². The Morgan fingerprint density at radius 2 is 1.89 bits per heavy atom. The summed E-state index contributed by atoms with van der Waals surface area (Å²) >= 11 is 0. The smallest absolute Gasteiger partial charge is 0.297 e. The van der Waals surface area contributed by atoms with Crippen LogP contribution in [0, 0.1) is 5.92 Å². The zero-order valence-corrected chi connectivity index (χ0v) is 22.1. The summed E-state index contributed by atoms with van der Waals surface area (Å²) in [6.07, 6.45) is 11.0. The molecule has 2 unspecified atom stereocenters. The van der Waals surface area contributed by atoms with Gasteiger partial charge in [0.25, 0.3) is 0 Å². The van der Waals surface area contributed by atoms with Crippen molar-refractivity contribution in [3.05, 3.63) is 70.7 Å². The Hall–Kier alpha value is -3.88. The number of hydrogen-bond donors (Lipinski definition) is 1. The minimum Gasteiger partial charge on any atom is -0.297 e. The van der Waals surface area contributed by atoms with Gasteiger partial charge >= 0.3 is 5.69 Å². The molecule has 9 heteroatoms. The highest BCUT2D eigenvalue weighted by Crippen LogP contribution is 2.32. The van der Waals surface area contributed by atoms with Crippen molar-refractivity contribution in [1.82, 2.24) is 34.7 Å². The lowest BCUT2D eigenvalue weighted by Gasteiger charge is -2.23. The minimum absolute atomic E-state index is 0.108. The van der Waals surface area contributed by atoms with E-state index >= 15 is 0 Å². The monoisotopic (exact) mass is 513 g/mol. The summed E-state index contributed by atoms with van der Waals surface area (Å²) in [5, 5.41) is 14.4. The number of aromatic nitrogens is 7. The number of carbonyl (C=O) groups excluding carboxylic acids is 1. The van der Waals surface area contributed by atoms with Crippen molar-refractivity contribution in [2.24, 2.45) is 5.92 Å². The van der Waals surface area contributed by atoms with Crippen LogP contribution in [0.4, 0.5) is 0 Å². The number of carbonyl (C=O) groups is 1. The first kappa shape index (κ1) is 25.8. The molecular weight excluding hydrogens is 478 g/mol. The summed E-state index contributed by atoms with van der Waals surface area (Å²) in [7, 11) is 0. The van der Waals surface area contributed by atoms with Crippen molar-refractivity contribution >= 4 is 5.78 Å². The number of imidazole rings is 1. The van der Waals surface area contributed by atoms with Crippen LogP contribution >= 0.6 is 0 Å². The van der Waals surface area contributed by atoms with Crippen molar-refractivity contribution in [2.45, 2.75) is 77.8 Å². The lowest BCUT2D eigenvalue weighted by molar-refractivity contribution is -0.123. The average molecular weight is 514 g/mol. The van der Waals surface area contributed by atoms with Crippen molar-refractivity contribution in [1.29, 1.82) is 0 Å². The Balaban J connectivity index is 1.46. The third kappa shape index (κ3) is 5.23. The molecule has 3 heterocycles. The molecular formula is C29H35N7O2. The van der Waals surface area contributed by atoms with E-state index in [1.165, 1.54) is 0 Å². The Labute approximate surface area is 222 Å². The molecule has 1 aliphatic carbocycles. The van der Waals surface area contributed by atoms with E-state index < -0.39 is 0 Å². The third-order valence-corrected chi connectivity index (χ3v) is 7.69. The molecule has 1 saturated carbocycles. The summed E-state index contributed by atoms with van der Waals surface area (Å²) in [6.45, 7) is 4.64. The fourth-order valence-corrected chi connectivity index (χ4v) is 5.60. The summed E-state index contributed by atoms with van der Waals surface area (Å²) in [5.41, 5.74) is 4.41. The maximum Gasteiger partial charge on any atom is 0.329 e. The molecule has 0 amide bonds. The molecule has 9 nitrogen and oxygen atoms in total. The van der Waals surface area contributed by atoms with Crippen LogP contribution in [0.15, 0.2) is 53.6 Å². The molecule has 198 valence electrons. The van der Waals surface area contributed by atoms with E-state index in [0.717, 1.165) is 73.0 Å². The third-order valence-electron chi connectivity index (χ3n) is 7.69. The predicted molar refractivity (Wildman–Crippen MR) is 146 cm³/mol. The van der Waals surface area contributed by atoms with Gasteiger partial charge in [-0.05, 0) is 48.4 Å². The van der Waals surface area contributed by atoms with Crippen molar-refractivity contribution in [3.63, 3.8) is 0 Å². The van der Waals surface area contributed by atoms with E-state index in [-0.39, 0.29) is 23.4 Å². The van der Waals surface area contributed by atoms with Gasteiger partial charge < -0.3 is 0 Å². The number of Topliss-reactive ketones (excluding diaryl/α,β-unsaturated/α-hetero) is 1. The van der Waals surface area contributed by atoms with Gasteiger partial charge in [0.15, 0.2) is 5.78 Å². The van der Waals surface area contributed by atoms with Crippen LogP contribution in [0.25, 0.3) is 22.5 Å². The van der Waals surface area contributed by atoms with E-state index in [0.29, 0.717) is 18.8 Å². The molecule has 4 aromatic rings. The van der Waals surface area contributed by atoms with Crippen molar-refractivity contribution < 1.29 is 4.79 Å². The van der Waals surface area contributed by atoms with Crippen LogP contribution < -0.4 is 5.69 Å². The van der Waals surface area contributed by atoms with Crippen LogP contribution in [0.1, 0.15) is 76.2 Å². The van der Waals surface area contributed by atoms with Gasteiger partial charge in [-0.3, -0.25) is 18.9 Å². The lowest BCUT2D eigenvalue weighted by atomic mass is 9.91. The minimum atomic E-state index is -0.367. The second kappa shape index (κ2) is 11.7. The summed E-state index contributed by atoms with van der Waals surface area (Å²) in [4.78, 5) is 31.6.